The van der Waals surface area contributed by atoms with Crippen molar-refractivity contribution in [2.45, 2.75) is 19.9 Å². The number of nitrogens with one attached hydrogen (secondary N) is 1. The summed E-state index contributed by atoms with van der Waals surface area (Å²) in [5, 5.41) is 7.14. The summed E-state index contributed by atoms with van der Waals surface area (Å²) in [7, 11) is 0. The number of fused-ring (bicyclic) bond motifs is 1. The summed E-state index contributed by atoms with van der Waals surface area (Å²) >= 11 is 0. The van der Waals surface area contributed by atoms with E-state index in [1.165, 1.54) is 5.56 Å². The fourth-order valence-electron chi connectivity index (χ4n) is 2.51. The van der Waals surface area contributed by atoms with E-state index < -0.39 is 0 Å². The summed E-state index contributed by atoms with van der Waals surface area (Å²) < 4.78 is 7.47. The molecule has 1 aliphatic rings. The average molecular weight is 285 g/mol. The SMILES string of the molecule is CCn1ccc(C(=O)NC[C@H]2COc3ccccc3C2)n1. The Bertz CT molecular complexity index is 636. The van der Waals surface area contributed by atoms with Crippen molar-refractivity contribution in [1.29, 1.82) is 0 Å². The summed E-state index contributed by atoms with van der Waals surface area (Å²) in [6, 6.07) is 9.80. The number of aryl methyl sites for hydroxylation is 1. The smallest absolute Gasteiger partial charge is 0.271 e. The van der Waals surface area contributed by atoms with Gasteiger partial charge in [0.25, 0.3) is 5.91 Å². The third-order valence-electron chi connectivity index (χ3n) is 3.70. The van der Waals surface area contributed by atoms with Crippen LogP contribution in [0.25, 0.3) is 0 Å². The van der Waals surface area contributed by atoms with Crippen LogP contribution in [-0.4, -0.2) is 28.8 Å². The molecule has 1 amide bonds. The van der Waals surface area contributed by atoms with Crippen LogP contribution in [0.15, 0.2) is 36.5 Å². The Morgan fingerprint density at radius 1 is 1.43 bits per heavy atom. The Hall–Kier alpha value is -2.30. The minimum absolute atomic E-state index is 0.124. The van der Waals surface area contributed by atoms with Crippen LogP contribution in [0.1, 0.15) is 23.0 Å². The molecule has 0 spiro atoms. The molecule has 1 atom stereocenters. The third kappa shape index (κ3) is 3.07. The number of hydrogen-bond donors (Lipinski definition) is 1. The summed E-state index contributed by atoms with van der Waals surface area (Å²) in [5.74, 6) is 1.14. The monoisotopic (exact) mass is 285 g/mol. The van der Waals surface area contributed by atoms with E-state index >= 15 is 0 Å². The minimum Gasteiger partial charge on any atom is -0.493 e. The molecular formula is C16H19N3O2. The van der Waals surface area contributed by atoms with Gasteiger partial charge in [-0.1, -0.05) is 18.2 Å². The first kappa shape index (κ1) is 13.7. The van der Waals surface area contributed by atoms with E-state index in [1.807, 2.05) is 31.3 Å². The number of nitrogens with zero attached hydrogens (tertiary/aromatic N) is 2. The molecule has 1 aromatic heterocycles. The van der Waals surface area contributed by atoms with E-state index in [2.05, 4.69) is 16.5 Å². The highest BCUT2D eigenvalue weighted by Gasteiger charge is 2.20. The molecule has 5 nitrogen and oxygen atoms in total. The second kappa shape index (κ2) is 5.99. The first-order chi connectivity index (χ1) is 10.3. The van der Waals surface area contributed by atoms with Crippen molar-refractivity contribution < 1.29 is 9.53 Å². The van der Waals surface area contributed by atoms with Crippen molar-refractivity contribution in [3.05, 3.63) is 47.8 Å². The van der Waals surface area contributed by atoms with Gasteiger partial charge in [-0.2, -0.15) is 5.10 Å². The van der Waals surface area contributed by atoms with Crippen LogP contribution in [0.5, 0.6) is 5.75 Å². The molecule has 0 saturated heterocycles. The van der Waals surface area contributed by atoms with E-state index in [0.717, 1.165) is 18.7 Å². The average Bonchev–Trinajstić information content (AvgIpc) is 3.01. The molecule has 1 aliphatic heterocycles. The Kier molecular flexibility index (Phi) is 3.90. The predicted octanol–water partition coefficient (Wildman–Crippen LogP) is 1.88. The predicted molar refractivity (Wildman–Crippen MR) is 79.4 cm³/mol. The number of benzene rings is 1. The number of carbonyl (C=O) groups is 1. The number of aromatic nitrogens is 2. The normalized spacial score (nSPS) is 16.9. The number of ether oxygens (including phenoxy) is 1. The number of carbonyl (C=O) groups excluding carboxylic acids is 1. The molecule has 110 valence electrons. The second-order valence-electron chi connectivity index (χ2n) is 5.26. The molecule has 1 aromatic carbocycles. The van der Waals surface area contributed by atoms with E-state index in [1.54, 1.807) is 10.7 Å². The summed E-state index contributed by atoms with van der Waals surface area (Å²) in [6.07, 6.45) is 2.74. The molecular weight excluding hydrogens is 266 g/mol. The molecule has 5 heteroatoms. The van der Waals surface area contributed by atoms with Gasteiger partial charge in [-0.25, -0.2) is 0 Å². The zero-order valence-corrected chi connectivity index (χ0v) is 12.1. The maximum absolute atomic E-state index is 12.0. The van der Waals surface area contributed by atoms with Crippen LogP contribution in [0.3, 0.4) is 0 Å². The van der Waals surface area contributed by atoms with Crippen LogP contribution in [0.4, 0.5) is 0 Å². The van der Waals surface area contributed by atoms with E-state index in [9.17, 15) is 4.79 Å². The number of rotatable bonds is 4. The number of hydrogen-bond acceptors (Lipinski definition) is 3. The minimum atomic E-state index is -0.124. The van der Waals surface area contributed by atoms with Crippen molar-refractivity contribution in [3.8, 4) is 5.75 Å². The maximum Gasteiger partial charge on any atom is 0.271 e. The van der Waals surface area contributed by atoms with Gasteiger partial charge in [0.2, 0.25) is 0 Å². The Labute approximate surface area is 123 Å². The summed E-state index contributed by atoms with van der Waals surface area (Å²) in [4.78, 5) is 12.0. The van der Waals surface area contributed by atoms with Gasteiger partial charge in [-0.15, -0.1) is 0 Å². The molecule has 0 aliphatic carbocycles. The molecule has 0 fully saturated rings. The Morgan fingerprint density at radius 3 is 3.10 bits per heavy atom. The van der Waals surface area contributed by atoms with Crippen molar-refractivity contribution in [2.75, 3.05) is 13.2 Å². The highest BCUT2D eigenvalue weighted by Crippen LogP contribution is 2.26. The molecule has 1 N–H and O–H groups in total. The fourth-order valence-corrected chi connectivity index (χ4v) is 2.51. The first-order valence-corrected chi connectivity index (χ1v) is 7.28. The first-order valence-electron chi connectivity index (χ1n) is 7.28. The molecule has 2 aromatic rings. The molecule has 0 bridgehead atoms. The van der Waals surface area contributed by atoms with Crippen molar-refractivity contribution in [1.82, 2.24) is 15.1 Å². The van der Waals surface area contributed by atoms with E-state index in [-0.39, 0.29) is 5.91 Å². The van der Waals surface area contributed by atoms with Crippen LogP contribution < -0.4 is 10.1 Å². The lowest BCUT2D eigenvalue weighted by atomic mass is 9.97. The van der Waals surface area contributed by atoms with Crippen LogP contribution in [0, 0.1) is 5.92 Å². The zero-order valence-electron chi connectivity index (χ0n) is 12.1. The molecule has 21 heavy (non-hydrogen) atoms. The number of para-hydroxylation sites is 1. The lowest BCUT2D eigenvalue weighted by molar-refractivity contribution is 0.0933. The van der Waals surface area contributed by atoms with Gasteiger partial charge in [0.05, 0.1) is 6.61 Å². The summed E-state index contributed by atoms with van der Waals surface area (Å²) in [6.45, 7) is 4.00. The van der Waals surface area contributed by atoms with Gasteiger partial charge >= 0.3 is 0 Å². The molecule has 0 unspecified atom stereocenters. The van der Waals surface area contributed by atoms with E-state index in [0.29, 0.717) is 24.8 Å². The van der Waals surface area contributed by atoms with Gasteiger partial charge in [0.15, 0.2) is 0 Å². The maximum atomic E-state index is 12.0. The van der Waals surface area contributed by atoms with Crippen molar-refractivity contribution in [3.63, 3.8) is 0 Å². The van der Waals surface area contributed by atoms with Gasteiger partial charge < -0.3 is 10.1 Å². The zero-order chi connectivity index (χ0) is 14.7. The second-order valence-corrected chi connectivity index (χ2v) is 5.26. The van der Waals surface area contributed by atoms with E-state index in [4.69, 9.17) is 4.74 Å². The van der Waals surface area contributed by atoms with Crippen LogP contribution in [0.2, 0.25) is 0 Å². The molecule has 0 saturated carbocycles. The lowest BCUT2D eigenvalue weighted by Gasteiger charge is -2.25. The highest BCUT2D eigenvalue weighted by molar-refractivity contribution is 5.92. The molecule has 3 rings (SSSR count). The fraction of sp³-hybridized carbons (Fsp3) is 0.375. The summed E-state index contributed by atoms with van der Waals surface area (Å²) in [5.41, 5.74) is 1.67. The van der Waals surface area contributed by atoms with Crippen molar-refractivity contribution >= 4 is 5.91 Å². The largest absolute Gasteiger partial charge is 0.493 e. The quantitative estimate of drug-likeness (QED) is 0.933. The topological polar surface area (TPSA) is 56.2 Å². The van der Waals surface area contributed by atoms with Crippen molar-refractivity contribution in [2.24, 2.45) is 5.92 Å². The third-order valence-corrected chi connectivity index (χ3v) is 3.70. The van der Waals surface area contributed by atoms with Gasteiger partial charge in [-0.3, -0.25) is 9.48 Å². The number of amides is 1. The highest BCUT2D eigenvalue weighted by atomic mass is 16.5. The Balaban J connectivity index is 1.55. The molecule has 0 radical (unpaired) electrons. The Morgan fingerprint density at radius 2 is 2.29 bits per heavy atom. The van der Waals surface area contributed by atoms with Crippen LogP contribution >= 0.6 is 0 Å². The van der Waals surface area contributed by atoms with Gasteiger partial charge in [-0.05, 0) is 31.0 Å². The standard InChI is InChI=1S/C16H19N3O2/c1-2-19-8-7-14(18-19)16(20)17-10-12-9-13-5-3-4-6-15(13)21-11-12/h3-8,12H,2,9-11H2,1H3,(H,17,20)/t12-/m0/s1. The molecule has 2 heterocycles. The van der Waals surface area contributed by atoms with Gasteiger partial charge in [0, 0.05) is 25.2 Å². The lowest BCUT2D eigenvalue weighted by Crippen LogP contribution is -2.35. The van der Waals surface area contributed by atoms with Gasteiger partial charge in [0.1, 0.15) is 11.4 Å². The van der Waals surface area contributed by atoms with Crippen LogP contribution in [-0.2, 0) is 13.0 Å².